The summed E-state index contributed by atoms with van der Waals surface area (Å²) in [5, 5.41) is 13.8. The topological polar surface area (TPSA) is 61.7 Å². The predicted octanol–water partition coefficient (Wildman–Crippen LogP) is 7.97. The second kappa shape index (κ2) is 9.88. The van der Waals surface area contributed by atoms with E-state index in [0.717, 1.165) is 44.6 Å². The number of fused-ring (bicyclic) bond motifs is 1. The maximum absolute atomic E-state index is 13.4. The molecular formula is C26H26BrIN2O2S. The standard InChI is InChI=1S/C26H26BrIN2O2S/c1-26(2,3)16-9-10-18-21(13-16)33-25(22(18)24(32)30-17-7-5-4-6-8-17)29-14-15-11-19(27)23(31)20(28)12-15/h4-8,11-12,14,16,31H,9-10,13H2,1-3H3,(H,30,32)/t16-/m0/s1. The normalized spacial score (nSPS) is 16.1. The molecule has 1 aliphatic rings. The van der Waals surface area contributed by atoms with Crippen LogP contribution in [0.4, 0.5) is 10.7 Å². The van der Waals surface area contributed by atoms with Gasteiger partial charge in [0, 0.05) is 16.8 Å². The number of nitrogens with one attached hydrogen (secondary N) is 1. The van der Waals surface area contributed by atoms with Crippen LogP contribution in [0.2, 0.25) is 0 Å². The van der Waals surface area contributed by atoms with Gasteiger partial charge in [0.05, 0.1) is 13.6 Å². The molecule has 3 aromatic rings. The van der Waals surface area contributed by atoms with Gasteiger partial charge in [0.15, 0.2) is 0 Å². The quantitative estimate of drug-likeness (QED) is 0.225. The number of hydrogen-bond acceptors (Lipinski definition) is 4. The number of aromatic hydroxyl groups is 1. The van der Waals surface area contributed by atoms with Crippen LogP contribution in [0.3, 0.4) is 0 Å². The number of carbonyl (C=O) groups is 1. The van der Waals surface area contributed by atoms with Crippen LogP contribution in [0.1, 0.15) is 53.6 Å². The van der Waals surface area contributed by atoms with Gasteiger partial charge in [0.1, 0.15) is 10.8 Å². The molecule has 0 saturated carbocycles. The van der Waals surface area contributed by atoms with Crippen molar-refractivity contribution >= 4 is 72.7 Å². The van der Waals surface area contributed by atoms with Crippen molar-refractivity contribution in [3.63, 3.8) is 0 Å². The molecule has 1 amide bonds. The molecule has 2 aromatic carbocycles. The average Bonchev–Trinajstić information content (AvgIpc) is 3.13. The van der Waals surface area contributed by atoms with Crippen molar-refractivity contribution in [3.8, 4) is 5.75 Å². The van der Waals surface area contributed by atoms with Gasteiger partial charge in [-0.1, -0.05) is 39.0 Å². The Morgan fingerprint density at radius 1 is 1.27 bits per heavy atom. The molecule has 0 bridgehead atoms. The summed E-state index contributed by atoms with van der Waals surface area (Å²) in [4.78, 5) is 19.4. The third-order valence-electron chi connectivity index (χ3n) is 6.10. The number of aliphatic imine (C=N–C) groups is 1. The molecule has 1 aromatic heterocycles. The lowest BCUT2D eigenvalue weighted by Gasteiger charge is -2.33. The van der Waals surface area contributed by atoms with Gasteiger partial charge in [-0.3, -0.25) is 4.79 Å². The third-order valence-corrected chi connectivity index (χ3v) is 8.69. The number of nitrogens with zero attached hydrogens (tertiary/aromatic N) is 1. The summed E-state index contributed by atoms with van der Waals surface area (Å²) in [5.41, 5.74) is 3.69. The number of phenols is 1. The van der Waals surface area contributed by atoms with E-state index in [1.807, 2.05) is 42.5 Å². The molecule has 7 heteroatoms. The molecule has 0 saturated heterocycles. The van der Waals surface area contributed by atoms with E-state index in [2.05, 4.69) is 64.6 Å². The van der Waals surface area contributed by atoms with Gasteiger partial charge in [-0.2, -0.15) is 0 Å². The minimum atomic E-state index is -0.110. The average molecular weight is 637 g/mol. The number of phenolic OH excluding ortho intramolecular Hbond substituents is 1. The van der Waals surface area contributed by atoms with Gasteiger partial charge in [0.25, 0.3) is 5.91 Å². The second-order valence-electron chi connectivity index (χ2n) is 9.40. The second-order valence-corrected chi connectivity index (χ2v) is 12.5. The first kappa shape index (κ1) is 24.4. The zero-order valence-corrected chi connectivity index (χ0v) is 23.3. The summed E-state index contributed by atoms with van der Waals surface area (Å²) in [7, 11) is 0. The summed E-state index contributed by atoms with van der Waals surface area (Å²) in [6.45, 7) is 6.88. The number of carbonyl (C=O) groups excluding carboxylic acids is 1. The van der Waals surface area contributed by atoms with E-state index in [4.69, 9.17) is 4.99 Å². The Bertz CT molecular complexity index is 1190. The number of rotatable bonds is 4. The van der Waals surface area contributed by atoms with E-state index in [1.165, 1.54) is 4.88 Å². The monoisotopic (exact) mass is 636 g/mol. The highest BCUT2D eigenvalue weighted by Gasteiger charge is 2.33. The van der Waals surface area contributed by atoms with E-state index in [1.54, 1.807) is 17.6 Å². The van der Waals surface area contributed by atoms with Gasteiger partial charge in [-0.25, -0.2) is 4.99 Å². The smallest absolute Gasteiger partial charge is 0.259 e. The molecule has 0 spiro atoms. The van der Waals surface area contributed by atoms with Gasteiger partial charge >= 0.3 is 0 Å². The Hall–Kier alpha value is -1.71. The number of anilines is 1. The van der Waals surface area contributed by atoms with Crippen molar-refractivity contribution in [1.82, 2.24) is 0 Å². The fourth-order valence-electron chi connectivity index (χ4n) is 4.14. The van der Waals surface area contributed by atoms with Crippen LogP contribution in [0.15, 0.2) is 51.9 Å². The van der Waals surface area contributed by atoms with Crippen LogP contribution in [-0.4, -0.2) is 17.2 Å². The molecule has 2 N–H and O–H groups in total. The first-order valence-electron chi connectivity index (χ1n) is 10.9. The number of halogens is 2. The highest BCUT2D eigenvalue weighted by Crippen LogP contribution is 2.45. The molecule has 1 heterocycles. The lowest BCUT2D eigenvalue weighted by molar-refractivity contribution is 0.102. The molecule has 0 unspecified atom stereocenters. The molecular weight excluding hydrogens is 611 g/mol. The Labute approximate surface area is 220 Å². The molecule has 172 valence electrons. The number of amides is 1. The number of thiophene rings is 1. The molecule has 1 aliphatic carbocycles. The molecule has 0 aliphatic heterocycles. The van der Waals surface area contributed by atoms with Gasteiger partial charge in [-0.05, 0) is 105 Å². The summed E-state index contributed by atoms with van der Waals surface area (Å²) in [5.74, 6) is 0.692. The number of hydrogen-bond donors (Lipinski definition) is 2. The van der Waals surface area contributed by atoms with Crippen LogP contribution < -0.4 is 5.32 Å². The van der Waals surface area contributed by atoms with Crippen molar-refractivity contribution in [2.24, 2.45) is 16.3 Å². The fraction of sp³-hybridized carbons (Fsp3) is 0.308. The van der Waals surface area contributed by atoms with Crippen molar-refractivity contribution in [1.29, 1.82) is 0 Å². The van der Waals surface area contributed by atoms with Gasteiger partial charge < -0.3 is 10.4 Å². The maximum Gasteiger partial charge on any atom is 0.259 e. The summed E-state index contributed by atoms with van der Waals surface area (Å²) >= 11 is 7.12. The maximum atomic E-state index is 13.4. The predicted molar refractivity (Wildman–Crippen MR) is 149 cm³/mol. The molecule has 4 rings (SSSR count). The minimum Gasteiger partial charge on any atom is -0.506 e. The van der Waals surface area contributed by atoms with E-state index in [0.29, 0.717) is 16.0 Å². The number of para-hydroxylation sites is 1. The molecule has 0 radical (unpaired) electrons. The van der Waals surface area contributed by atoms with Gasteiger partial charge in [0.2, 0.25) is 0 Å². The molecule has 33 heavy (non-hydrogen) atoms. The third kappa shape index (κ3) is 5.52. The zero-order chi connectivity index (χ0) is 23.8. The largest absolute Gasteiger partial charge is 0.506 e. The Balaban J connectivity index is 1.72. The van der Waals surface area contributed by atoms with Gasteiger partial charge in [-0.15, -0.1) is 11.3 Å². The van der Waals surface area contributed by atoms with E-state index in [9.17, 15) is 9.90 Å². The van der Waals surface area contributed by atoms with Crippen LogP contribution in [0.25, 0.3) is 0 Å². The lowest BCUT2D eigenvalue weighted by Crippen LogP contribution is -2.27. The zero-order valence-electron chi connectivity index (χ0n) is 18.8. The Morgan fingerprint density at radius 3 is 2.67 bits per heavy atom. The van der Waals surface area contributed by atoms with E-state index >= 15 is 0 Å². The van der Waals surface area contributed by atoms with E-state index < -0.39 is 0 Å². The van der Waals surface area contributed by atoms with Crippen LogP contribution >= 0.6 is 49.9 Å². The van der Waals surface area contributed by atoms with Crippen LogP contribution in [-0.2, 0) is 12.8 Å². The Kier molecular flexibility index (Phi) is 7.31. The van der Waals surface area contributed by atoms with Crippen molar-refractivity contribution in [2.45, 2.75) is 40.0 Å². The highest BCUT2D eigenvalue weighted by atomic mass is 127. The molecule has 1 atom stereocenters. The fourth-order valence-corrected chi connectivity index (χ4v) is 6.91. The first-order chi connectivity index (χ1) is 15.6. The van der Waals surface area contributed by atoms with Crippen molar-refractivity contribution < 1.29 is 9.90 Å². The van der Waals surface area contributed by atoms with Crippen molar-refractivity contribution in [2.75, 3.05) is 5.32 Å². The number of benzene rings is 2. The SMILES string of the molecule is CC(C)(C)[C@H]1CCc2c(sc(N=Cc3cc(Br)c(O)c(I)c3)c2C(=O)Nc2ccccc2)C1. The van der Waals surface area contributed by atoms with Crippen LogP contribution in [0, 0.1) is 14.9 Å². The van der Waals surface area contributed by atoms with Crippen LogP contribution in [0.5, 0.6) is 5.75 Å². The lowest BCUT2D eigenvalue weighted by atomic mass is 9.72. The molecule has 0 fully saturated rings. The highest BCUT2D eigenvalue weighted by molar-refractivity contribution is 14.1. The minimum absolute atomic E-state index is 0.110. The first-order valence-corrected chi connectivity index (χ1v) is 13.6. The van der Waals surface area contributed by atoms with E-state index in [-0.39, 0.29) is 17.1 Å². The van der Waals surface area contributed by atoms with Crippen molar-refractivity contribution in [3.05, 3.63) is 72.1 Å². The molecule has 4 nitrogen and oxygen atoms in total. The Morgan fingerprint density at radius 2 is 2.00 bits per heavy atom. The summed E-state index contributed by atoms with van der Waals surface area (Å²) < 4.78 is 1.36. The summed E-state index contributed by atoms with van der Waals surface area (Å²) in [6, 6.07) is 13.2. The summed E-state index contributed by atoms with van der Waals surface area (Å²) in [6.07, 6.45) is 4.71.